The van der Waals surface area contributed by atoms with Crippen LogP contribution in [0.3, 0.4) is 0 Å². The van der Waals surface area contributed by atoms with E-state index in [2.05, 4.69) is 43.1 Å². The molecule has 1 N–H and O–H groups in total. The third-order valence-electron chi connectivity index (χ3n) is 3.68. The highest BCUT2D eigenvalue weighted by Gasteiger charge is 2.21. The Morgan fingerprint density at radius 3 is 2.84 bits per heavy atom. The Balaban J connectivity index is 2.09. The maximum atomic E-state index is 6.17. The van der Waals surface area contributed by atoms with Crippen LogP contribution < -0.4 is 10.2 Å². The fourth-order valence-corrected chi connectivity index (χ4v) is 2.80. The van der Waals surface area contributed by atoms with Gasteiger partial charge in [0.15, 0.2) is 0 Å². The Labute approximate surface area is 122 Å². The lowest BCUT2D eigenvalue weighted by Gasteiger charge is -2.22. The molecule has 1 aromatic rings. The third kappa shape index (κ3) is 4.12. The molecule has 2 nitrogen and oxygen atoms in total. The Morgan fingerprint density at radius 2 is 2.21 bits per heavy atom. The number of hydrogen-bond acceptors (Lipinski definition) is 2. The predicted molar refractivity (Wildman–Crippen MR) is 84.0 cm³/mol. The highest BCUT2D eigenvalue weighted by atomic mass is 35.5. The topological polar surface area (TPSA) is 15.3 Å². The van der Waals surface area contributed by atoms with Crippen molar-refractivity contribution in [1.82, 2.24) is 5.32 Å². The summed E-state index contributed by atoms with van der Waals surface area (Å²) in [6, 6.07) is 6.27. The van der Waals surface area contributed by atoms with Crippen molar-refractivity contribution in [3.63, 3.8) is 0 Å². The van der Waals surface area contributed by atoms with E-state index in [1.54, 1.807) is 0 Å². The second-order valence-corrected chi connectivity index (χ2v) is 6.57. The Kier molecular flexibility index (Phi) is 5.12. The van der Waals surface area contributed by atoms with Gasteiger partial charge in [-0.1, -0.05) is 38.4 Å². The lowest BCUT2D eigenvalue weighted by atomic mass is 10.1. The molecule has 0 radical (unpaired) electrons. The summed E-state index contributed by atoms with van der Waals surface area (Å²) in [4.78, 5) is 2.48. The summed E-state index contributed by atoms with van der Waals surface area (Å²) in [5.41, 5.74) is 2.67. The van der Waals surface area contributed by atoms with Crippen LogP contribution in [0.1, 0.15) is 32.8 Å². The van der Waals surface area contributed by atoms with Gasteiger partial charge in [-0.3, -0.25) is 0 Å². The maximum absolute atomic E-state index is 6.17. The van der Waals surface area contributed by atoms with Crippen LogP contribution in [0.25, 0.3) is 0 Å². The minimum Gasteiger partial charge on any atom is -0.371 e. The van der Waals surface area contributed by atoms with Gasteiger partial charge >= 0.3 is 0 Å². The lowest BCUT2D eigenvalue weighted by molar-refractivity contribution is 0.552. The van der Waals surface area contributed by atoms with E-state index in [1.807, 2.05) is 6.07 Å². The first-order valence-electron chi connectivity index (χ1n) is 7.30. The molecule has 0 bridgehead atoms. The first-order chi connectivity index (χ1) is 9.06. The monoisotopic (exact) mass is 280 g/mol. The highest BCUT2D eigenvalue weighted by molar-refractivity contribution is 6.30. The molecule has 3 heteroatoms. The zero-order chi connectivity index (χ0) is 13.8. The normalized spacial score (nSPS) is 19.4. The minimum absolute atomic E-state index is 0.683. The first kappa shape index (κ1) is 14.7. The van der Waals surface area contributed by atoms with E-state index in [1.165, 1.54) is 17.7 Å². The number of nitrogens with one attached hydrogen (secondary N) is 1. The van der Waals surface area contributed by atoms with Crippen LogP contribution >= 0.6 is 11.6 Å². The maximum Gasteiger partial charge on any atom is 0.0426 e. The lowest BCUT2D eigenvalue weighted by Crippen LogP contribution is -2.24. The Bertz CT molecular complexity index is 417. The second-order valence-electron chi connectivity index (χ2n) is 6.14. The molecule has 1 fully saturated rings. The van der Waals surface area contributed by atoms with Gasteiger partial charge < -0.3 is 10.2 Å². The number of halogens is 1. The van der Waals surface area contributed by atoms with Crippen LogP contribution in [0.15, 0.2) is 18.2 Å². The average Bonchev–Trinajstić information content (AvgIpc) is 2.77. The molecule has 19 heavy (non-hydrogen) atoms. The van der Waals surface area contributed by atoms with Crippen LogP contribution in [0.4, 0.5) is 5.69 Å². The number of benzene rings is 1. The fraction of sp³-hybridized carbons (Fsp3) is 0.625. The Morgan fingerprint density at radius 1 is 1.42 bits per heavy atom. The van der Waals surface area contributed by atoms with Crippen molar-refractivity contribution in [3.8, 4) is 0 Å². The molecular weight excluding hydrogens is 256 g/mol. The van der Waals surface area contributed by atoms with E-state index in [4.69, 9.17) is 11.6 Å². The third-order valence-corrected chi connectivity index (χ3v) is 3.92. The van der Waals surface area contributed by atoms with Crippen LogP contribution in [-0.4, -0.2) is 19.6 Å². The molecule has 1 aliphatic rings. The molecule has 0 aromatic heterocycles. The van der Waals surface area contributed by atoms with Crippen molar-refractivity contribution in [1.29, 1.82) is 0 Å². The molecule has 0 spiro atoms. The summed E-state index contributed by atoms with van der Waals surface area (Å²) in [6.45, 7) is 11.1. The summed E-state index contributed by atoms with van der Waals surface area (Å²) in [7, 11) is 0. The van der Waals surface area contributed by atoms with E-state index in [0.717, 1.165) is 37.1 Å². The van der Waals surface area contributed by atoms with Crippen molar-refractivity contribution in [2.75, 3.05) is 24.5 Å². The zero-order valence-corrected chi connectivity index (χ0v) is 13.0. The van der Waals surface area contributed by atoms with Gasteiger partial charge in [0.05, 0.1) is 0 Å². The highest BCUT2D eigenvalue weighted by Crippen LogP contribution is 2.29. The molecule has 2 rings (SSSR count). The molecule has 1 aromatic carbocycles. The molecule has 1 heterocycles. The number of rotatable bonds is 5. The molecule has 0 saturated carbocycles. The van der Waals surface area contributed by atoms with Crippen LogP contribution in [0.5, 0.6) is 0 Å². The van der Waals surface area contributed by atoms with Gasteiger partial charge in [0.1, 0.15) is 0 Å². The molecule has 1 saturated heterocycles. The number of nitrogens with zero attached hydrogens (tertiary/aromatic N) is 1. The average molecular weight is 281 g/mol. The van der Waals surface area contributed by atoms with Crippen molar-refractivity contribution >= 4 is 17.3 Å². The van der Waals surface area contributed by atoms with Gasteiger partial charge in [-0.05, 0) is 42.5 Å². The molecule has 106 valence electrons. The van der Waals surface area contributed by atoms with Gasteiger partial charge in [-0.15, -0.1) is 0 Å². The number of anilines is 1. The van der Waals surface area contributed by atoms with Gasteiger partial charge in [0.25, 0.3) is 0 Å². The molecule has 1 aliphatic heterocycles. The van der Waals surface area contributed by atoms with Gasteiger partial charge in [0.2, 0.25) is 0 Å². The van der Waals surface area contributed by atoms with E-state index >= 15 is 0 Å². The molecule has 0 aliphatic carbocycles. The smallest absolute Gasteiger partial charge is 0.0426 e. The van der Waals surface area contributed by atoms with Crippen molar-refractivity contribution < 1.29 is 0 Å². The van der Waals surface area contributed by atoms with Crippen molar-refractivity contribution in [2.45, 2.75) is 33.7 Å². The Hall–Kier alpha value is -0.730. The van der Waals surface area contributed by atoms with Crippen molar-refractivity contribution in [2.24, 2.45) is 11.8 Å². The SMILES string of the molecule is CC(C)CNCc1ccc(Cl)cc1N1CCC(C)C1. The van der Waals surface area contributed by atoms with Crippen LogP contribution in [-0.2, 0) is 6.54 Å². The summed E-state index contributed by atoms with van der Waals surface area (Å²) >= 11 is 6.17. The van der Waals surface area contributed by atoms with E-state index in [-0.39, 0.29) is 0 Å². The summed E-state index contributed by atoms with van der Waals surface area (Å²) in [5, 5.41) is 4.36. The standard InChI is InChI=1S/C16H25ClN2/c1-12(2)9-18-10-14-4-5-15(17)8-16(14)19-7-6-13(3)11-19/h4-5,8,12-13,18H,6-7,9-11H2,1-3H3. The van der Waals surface area contributed by atoms with E-state index in [9.17, 15) is 0 Å². The first-order valence-corrected chi connectivity index (χ1v) is 7.68. The fourth-order valence-electron chi connectivity index (χ4n) is 2.63. The summed E-state index contributed by atoms with van der Waals surface area (Å²) < 4.78 is 0. The number of hydrogen-bond donors (Lipinski definition) is 1. The molecule has 1 atom stereocenters. The van der Waals surface area contributed by atoms with Crippen molar-refractivity contribution in [3.05, 3.63) is 28.8 Å². The largest absolute Gasteiger partial charge is 0.371 e. The summed E-state index contributed by atoms with van der Waals surface area (Å²) in [6.07, 6.45) is 1.28. The van der Waals surface area contributed by atoms with Gasteiger partial charge in [-0.25, -0.2) is 0 Å². The van der Waals surface area contributed by atoms with Gasteiger partial charge in [-0.2, -0.15) is 0 Å². The zero-order valence-electron chi connectivity index (χ0n) is 12.2. The van der Waals surface area contributed by atoms with E-state index in [0.29, 0.717) is 5.92 Å². The van der Waals surface area contributed by atoms with Crippen LogP contribution in [0.2, 0.25) is 5.02 Å². The molecular formula is C16H25ClN2. The molecule has 0 amide bonds. The van der Waals surface area contributed by atoms with Gasteiger partial charge in [0, 0.05) is 30.3 Å². The molecule has 1 unspecified atom stereocenters. The van der Waals surface area contributed by atoms with E-state index < -0.39 is 0 Å². The minimum atomic E-state index is 0.683. The van der Waals surface area contributed by atoms with Crippen LogP contribution in [0, 0.1) is 11.8 Å². The predicted octanol–water partition coefficient (Wildman–Crippen LogP) is 3.93. The second kappa shape index (κ2) is 6.62. The quantitative estimate of drug-likeness (QED) is 0.879. The summed E-state index contributed by atoms with van der Waals surface area (Å²) in [5.74, 6) is 1.47.